The largest absolute Gasteiger partial charge is 0.381 e. The zero-order chi connectivity index (χ0) is 13.2. The third kappa shape index (κ3) is 2.33. The lowest BCUT2D eigenvalue weighted by molar-refractivity contribution is 0.192. The highest BCUT2D eigenvalue weighted by atomic mass is 16.5. The minimum atomic E-state index is 0.268. The summed E-state index contributed by atoms with van der Waals surface area (Å²) in [5.41, 5.74) is 2.03. The van der Waals surface area contributed by atoms with E-state index in [1.165, 1.54) is 0 Å². The van der Waals surface area contributed by atoms with Crippen LogP contribution in [0.1, 0.15) is 18.2 Å². The summed E-state index contributed by atoms with van der Waals surface area (Å²) in [4.78, 5) is 6.56. The van der Waals surface area contributed by atoms with Crippen LogP contribution in [-0.4, -0.2) is 37.4 Å². The van der Waals surface area contributed by atoms with Gasteiger partial charge in [0.05, 0.1) is 12.2 Å². The first-order valence-corrected chi connectivity index (χ1v) is 6.44. The van der Waals surface area contributed by atoms with Crippen molar-refractivity contribution in [2.24, 2.45) is 0 Å². The number of aromatic nitrogens is 2. The Morgan fingerprint density at radius 3 is 2.84 bits per heavy atom. The van der Waals surface area contributed by atoms with Gasteiger partial charge in [0.2, 0.25) is 0 Å². The van der Waals surface area contributed by atoms with Gasteiger partial charge in [-0.05, 0) is 18.6 Å². The molecule has 1 aromatic heterocycles. The second kappa shape index (κ2) is 5.01. The van der Waals surface area contributed by atoms with Crippen molar-refractivity contribution < 1.29 is 9.26 Å². The Bertz CT molecular complexity index is 559. The topological polar surface area (TPSA) is 51.4 Å². The summed E-state index contributed by atoms with van der Waals surface area (Å²) in [5.74, 6) is 1.59. The van der Waals surface area contributed by atoms with E-state index in [2.05, 4.69) is 10.1 Å². The fourth-order valence-corrected chi connectivity index (χ4v) is 2.29. The van der Waals surface area contributed by atoms with Crippen molar-refractivity contribution in [1.82, 2.24) is 10.1 Å². The van der Waals surface area contributed by atoms with E-state index in [0.29, 0.717) is 12.5 Å². The van der Waals surface area contributed by atoms with Crippen LogP contribution in [0.15, 0.2) is 28.8 Å². The summed E-state index contributed by atoms with van der Waals surface area (Å²) >= 11 is 0. The van der Waals surface area contributed by atoms with Gasteiger partial charge in [-0.15, -0.1) is 0 Å². The van der Waals surface area contributed by atoms with Crippen LogP contribution < -0.4 is 4.90 Å². The number of hydrogen-bond donors (Lipinski definition) is 0. The van der Waals surface area contributed by atoms with E-state index < -0.39 is 0 Å². The van der Waals surface area contributed by atoms with Crippen LogP contribution in [0, 0.1) is 0 Å². The molecule has 1 saturated heterocycles. The number of anilines is 1. The fourth-order valence-electron chi connectivity index (χ4n) is 2.29. The molecule has 0 N–H and O–H groups in total. The molecule has 0 amide bonds. The molecule has 0 bridgehead atoms. The predicted octanol–water partition coefficient (Wildman–Crippen LogP) is 2.31. The third-order valence-electron chi connectivity index (χ3n) is 3.35. The van der Waals surface area contributed by atoms with Crippen LogP contribution in [0.2, 0.25) is 0 Å². The number of benzene rings is 1. The number of rotatable bonds is 3. The van der Waals surface area contributed by atoms with Gasteiger partial charge >= 0.3 is 0 Å². The van der Waals surface area contributed by atoms with Gasteiger partial charge in [0.25, 0.3) is 5.89 Å². The van der Waals surface area contributed by atoms with Crippen molar-refractivity contribution in [1.29, 1.82) is 0 Å². The number of ether oxygens (including phenoxy) is 1. The molecule has 0 aliphatic carbocycles. The van der Waals surface area contributed by atoms with Gasteiger partial charge in [-0.2, -0.15) is 4.98 Å². The van der Waals surface area contributed by atoms with Gasteiger partial charge in [-0.25, -0.2) is 0 Å². The van der Waals surface area contributed by atoms with E-state index in [0.717, 1.165) is 30.1 Å². The molecule has 0 radical (unpaired) electrons. The second-order valence-corrected chi connectivity index (χ2v) is 4.93. The highest BCUT2D eigenvalue weighted by Gasteiger charge is 2.24. The van der Waals surface area contributed by atoms with E-state index >= 15 is 0 Å². The van der Waals surface area contributed by atoms with Crippen LogP contribution in [0.3, 0.4) is 0 Å². The van der Waals surface area contributed by atoms with Crippen molar-refractivity contribution in [3.8, 4) is 11.5 Å². The molecule has 1 aromatic carbocycles. The molecule has 1 atom stereocenters. The Kier molecular flexibility index (Phi) is 3.21. The maximum absolute atomic E-state index is 5.41. The summed E-state index contributed by atoms with van der Waals surface area (Å²) in [6.45, 7) is 1.47. The Hall–Kier alpha value is -1.88. The SMILES string of the molecule is CN(C)c1ccccc1-c1nc([C@@H]2CCOC2)no1. The molecule has 5 nitrogen and oxygen atoms in total. The van der Waals surface area contributed by atoms with Gasteiger partial charge in [-0.3, -0.25) is 0 Å². The minimum absolute atomic E-state index is 0.268. The van der Waals surface area contributed by atoms with E-state index in [-0.39, 0.29) is 5.92 Å². The monoisotopic (exact) mass is 259 g/mol. The average molecular weight is 259 g/mol. The zero-order valence-corrected chi connectivity index (χ0v) is 11.2. The van der Waals surface area contributed by atoms with Crippen molar-refractivity contribution in [2.45, 2.75) is 12.3 Å². The quantitative estimate of drug-likeness (QED) is 0.846. The van der Waals surface area contributed by atoms with Gasteiger partial charge in [0.15, 0.2) is 5.82 Å². The van der Waals surface area contributed by atoms with Crippen LogP contribution in [-0.2, 0) is 4.74 Å². The normalized spacial score (nSPS) is 18.7. The van der Waals surface area contributed by atoms with Crippen LogP contribution in [0.5, 0.6) is 0 Å². The first-order valence-electron chi connectivity index (χ1n) is 6.44. The predicted molar refractivity (Wildman–Crippen MR) is 72.2 cm³/mol. The molecule has 1 aliphatic heterocycles. The third-order valence-corrected chi connectivity index (χ3v) is 3.35. The van der Waals surface area contributed by atoms with Crippen LogP contribution >= 0.6 is 0 Å². The minimum Gasteiger partial charge on any atom is -0.381 e. The molecular weight excluding hydrogens is 242 g/mol. The van der Waals surface area contributed by atoms with E-state index in [1.807, 2.05) is 43.3 Å². The van der Waals surface area contributed by atoms with E-state index in [1.54, 1.807) is 0 Å². The smallest absolute Gasteiger partial charge is 0.260 e. The fraction of sp³-hybridized carbons (Fsp3) is 0.429. The molecule has 1 fully saturated rings. The summed E-state index contributed by atoms with van der Waals surface area (Å²) in [6, 6.07) is 8.02. The Morgan fingerprint density at radius 2 is 2.11 bits per heavy atom. The van der Waals surface area contributed by atoms with Gasteiger partial charge < -0.3 is 14.2 Å². The molecule has 2 heterocycles. The average Bonchev–Trinajstić information content (AvgIpc) is 3.09. The standard InChI is InChI=1S/C14H17N3O2/c1-17(2)12-6-4-3-5-11(12)14-15-13(16-19-14)10-7-8-18-9-10/h3-6,10H,7-9H2,1-2H3/t10-/m1/s1. The van der Waals surface area contributed by atoms with Crippen LogP contribution in [0.25, 0.3) is 11.5 Å². The highest BCUT2D eigenvalue weighted by Crippen LogP contribution is 2.30. The van der Waals surface area contributed by atoms with Crippen molar-refractivity contribution in [3.63, 3.8) is 0 Å². The summed E-state index contributed by atoms with van der Waals surface area (Å²) < 4.78 is 10.8. The molecule has 3 rings (SSSR count). The maximum Gasteiger partial charge on any atom is 0.260 e. The molecule has 0 spiro atoms. The summed E-state index contributed by atoms with van der Waals surface area (Å²) in [7, 11) is 4.00. The molecule has 2 aromatic rings. The highest BCUT2D eigenvalue weighted by molar-refractivity contribution is 5.72. The Morgan fingerprint density at radius 1 is 1.26 bits per heavy atom. The lowest BCUT2D eigenvalue weighted by Gasteiger charge is -2.14. The van der Waals surface area contributed by atoms with Crippen molar-refractivity contribution in [2.75, 3.05) is 32.2 Å². The van der Waals surface area contributed by atoms with Crippen molar-refractivity contribution in [3.05, 3.63) is 30.1 Å². The van der Waals surface area contributed by atoms with Gasteiger partial charge in [0.1, 0.15) is 0 Å². The van der Waals surface area contributed by atoms with Crippen molar-refractivity contribution >= 4 is 5.69 Å². The molecule has 0 saturated carbocycles. The second-order valence-electron chi connectivity index (χ2n) is 4.93. The lowest BCUT2D eigenvalue weighted by Crippen LogP contribution is -2.09. The lowest BCUT2D eigenvalue weighted by atomic mass is 10.1. The summed E-state index contributed by atoms with van der Waals surface area (Å²) in [5, 5.41) is 4.09. The molecule has 5 heteroatoms. The molecular formula is C14H17N3O2. The van der Waals surface area contributed by atoms with E-state index in [4.69, 9.17) is 9.26 Å². The van der Waals surface area contributed by atoms with Gasteiger partial charge in [-0.1, -0.05) is 17.3 Å². The summed E-state index contributed by atoms with van der Waals surface area (Å²) in [6.07, 6.45) is 0.967. The molecule has 100 valence electrons. The number of hydrogen-bond acceptors (Lipinski definition) is 5. The van der Waals surface area contributed by atoms with Gasteiger partial charge in [0, 0.05) is 32.3 Å². The zero-order valence-electron chi connectivity index (χ0n) is 11.2. The first-order chi connectivity index (χ1) is 9.25. The maximum atomic E-state index is 5.41. The number of para-hydroxylation sites is 1. The molecule has 19 heavy (non-hydrogen) atoms. The molecule has 1 aliphatic rings. The van der Waals surface area contributed by atoms with E-state index in [9.17, 15) is 0 Å². The molecule has 0 unspecified atom stereocenters. The Balaban J connectivity index is 1.94. The Labute approximate surface area is 112 Å². The number of nitrogens with zero attached hydrogens (tertiary/aromatic N) is 3. The first kappa shape index (κ1) is 12.2. The van der Waals surface area contributed by atoms with Crippen LogP contribution in [0.4, 0.5) is 5.69 Å².